The summed E-state index contributed by atoms with van der Waals surface area (Å²) in [6.07, 6.45) is 19.7. The van der Waals surface area contributed by atoms with Crippen molar-refractivity contribution in [2.24, 2.45) is 7.05 Å². The van der Waals surface area contributed by atoms with E-state index < -0.39 is 0 Å². The number of nitrogens with zero attached hydrogens (tertiary/aromatic N) is 1. The van der Waals surface area contributed by atoms with Gasteiger partial charge in [0.2, 0.25) is 0 Å². The Labute approximate surface area is 143 Å². The van der Waals surface area contributed by atoms with E-state index in [1.54, 1.807) is 0 Å². The minimum absolute atomic E-state index is 0. The maximum atomic E-state index is 2.28. The molecule has 1 rings (SSSR count). The molecular formula is C18H32IN. The fourth-order valence-electron chi connectivity index (χ4n) is 2.52. The highest BCUT2D eigenvalue weighted by molar-refractivity contribution is 5.06. The Morgan fingerprint density at radius 3 is 1.70 bits per heavy atom. The van der Waals surface area contributed by atoms with Crippen LogP contribution in [0.3, 0.4) is 0 Å². The highest BCUT2D eigenvalue weighted by Crippen LogP contribution is 2.11. The Bertz CT molecular complexity index is 308. The van der Waals surface area contributed by atoms with Crippen molar-refractivity contribution < 1.29 is 28.5 Å². The van der Waals surface area contributed by atoms with Crippen LogP contribution < -0.4 is 28.5 Å². The van der Waals surface area contributed by atoms with Gasteiger partial charge in [0.1, 0.15) is 7.05 Å². The van der Waals surface area contributed by atoms with Gasteiger partial charge in [-0.2, -0.15) is 0 Å². The van der Waals surface area contributed by atoms with Gasteiger partial charge < -0.3 is 24.0 Å². The summed E-state index contributed by atoms with van der Waals surface area (Å²) in [5, 5.41) is 0. The summed E-state index contributed by atoms with van der Waals surface area (Å²) in [6, 6.07) is 4.49. The van der Waals surface area contributed by atoms with E-state index in [2.05, 4.69) is 43.1 Å². The Morgan fingerprint density at radius 1 is 0.750 bits per heavy atom. The third-order valence-corrected chi connectivity index (χ3v) is 3.87. The molecule has 0 aliphatic heterocycles. The first-order valence-corrected chi connectivity index (χ1v) is 8.27. The summed E-state index contributed by atoms with van der Waals surface area (Å²) in [4.78, 5) is 0. The van der Waals surface area contributed by atoms with E-state index in [0.717, 1.165) is 0 Å². The molecule has 20 heavy (non-hydrogen) atoms. The molecule has 2 heteroatoms. The minimum Gasteiger partial charge on any atom is -1.00 e. The largest absolute Gasteiger partial charge is 1.00 e. The number of aromatic nitrogens is 1. The normalized spacial score (nSPS) is 10.3. The van der Waals surface area contributed by atoms with Crippen molar-refractivity contribution in [3.63, 3.8) is 0 Å². The Balaban J connectivity index is 0.00000361. The molecule has 1 nitrogen and oxygen atoms in total. The van der Waals surface area contributed by atoms with Gasteiger partial charge in [0.25, 0.3) is 0 Å². The van der Waals surface area contributed by atoms with Crippen molar-refractivity contribution in [2.75, 3.05) is 0 Å². The van der Waals surface area contributed by atoms with Crippen LogP contribution in [0.5, 0.6) is 0 Å². The van der Waals surface area contributed by atoms with Gasteiger partial charge in [-0.15, -0.1) is 0 Å². The van der Waals surface area contributed by atoms with Crippen LogP contribution in [0.1, 0.15) is 76.7 Å². The van der Waals surface area contributed by atoms with Gasteiger partial charge in [-0.05, 0) is 18.4 Å². The van der Waals surface area contributed by atoms with Crippen molar-refractivity contribution in [3.8, 4) is 0 Å². The third-order valence-electron chi connectivity index (χ3n) is 3.87. The average Bonchev–Trinajstić information content (AvgIpc) is 2.43. The van der Waals surface area contributed by atoms with E-state index in [1.807, 2.05) is 0 Å². The van der Waals surface area contributed by atoms with Gasteiger partial charge in [0.15, 0.2) is 12.4 Å². The molecule has 0 saturated carbocycles. The molecule has 0 atom stereocenters. The van der Waals surface area contributed by atoms with E-state index in [9.17, 15) is 0 Å². The molecule has 1 heterocycles. The van der Waals surface area contributed by atoms with E-state index in [0.29, 0.717) is 0 Å². The van der Waals surface area contributed by atoms with Crippen LogP contribution in [0.2, 0.25) is 0 Å². The monoisotopic (exact) mass is 389 g/mol. The van der Waals surface area contributed by atoms with Crippen molar-refractivity contribution in [1.29, 1.82) is 0 Å². The Hall–Kier alpha value is -0.120. The summed E-state index contributed by atoms with van der Waals surface area (Å²) in [5.74, 6) is 0. The number of halogens is 1. The summed E-state index contributed by atoms with van der Waals surface area (Å²) in [7, 11) is 2.07. The van der Waals surface area contributed by atoms with Crippen LogP contribution in [0.4, 0.5) is 0 Å². The van der Waals surface area contributed by atoms with Gasteiger partial charge in [-0.25, -0.2) is 4.57 Å². The molecule has 0 fully saturated rings. The lowest BCUT2D eigenvalue weighted by molar-refractivity contribution is -0.671. The summed E-state index contributed by atoms with van der Waals surface area (Å²) < 4.78 is 2.10. The molecule has 0 bridgehead atoms. The zero-order chi connectivity index (χ0) is 13.8. The zero-order valence-corrected chi connectivity index (χ0v) is 15.6. The second-order valence-electron chi connectivity index (χ2n) is 5.80. The Morgan fingerprint density at radius 2 is 1.20 bits per heavy atom. The SMILES string of the molecule is CCCCCCCCCCCCc1cc[n+](C)cc1.[I-]. The van der Waals surface area contributed by atoms with Crippen molar-refractivity contribution in [2.45, 2.75) is 77.6 Å². The van der Waals surface area contributed by atoms with Crippen LogP contribution in [0, 0.1) is 0 Å². The Kier molecular flexibility index (Phi) is 13.8. The number of aryl methyl sites for hydroxylation is 2. The summed E-state index contributed by atoms with van der Waals surface area (Å²) >= 11 is 0. The predicted molar refractivity (Wildman–Crippen MR) is 83.2 cm³/mol. The van der Waals surface area contributed by atoms with E-state index in [-0.39, 0.29) is 24.0 Å². The van der Waals surface area contributed by atoms with Crippen molar-refractivity contribution in [1.82, 2.24) is 0 Å². The van der Waals surface area contributed by atoms with E-state index in [4.69, 9.17) is 0 Å². The molecule has 1 aromatic rings. The van der Waals surface area contributed by atoms with Gasteiger partial charge in [0.05, 0.1) is 0 Å². The number of hydrogen-bond acceptors (Lipinski definition) is 0. The smallest absolute Gasteiger partial charge is 0.168 e. The second kappa shape index (κ2) is 13.8. The fourth-order valence-corrected chi connectivity index (χ4v) is 2.52. The summed E-state index contributed by atoms with van der Waals surface area (Å²) in [6.45, 7) is 2.28. The van der Waals surface area contributed by atoms with Gasteiger partial charge in [-0.1, -0.05) is 64.7 Å². The number of unbranched alkanes of at least 4 members (excludes halogenated alkanes) is 9. The molecule has 0 unspecified atom stereocenters. The first-order valence-electron chi connectivity index (χ1n) is 8.27. The first-order chi connectivity index (χ1) is 9.33. The first kappa shape index (κ1) is 19.9. The van der Waals surface area contributed by atoms with E-state index >= 15 is 0 Å². The number of pyridine rings is 1. The highest BCUT2D eigenvalue weighted by Gasteiger charge is 1.97. The zero-order valence-electron chi connectivity index (χ0n) is 13.4. The maximum absolute atomic E-state index is 2.28. The van der Waals surface area contributed by atoms with Gasteiger partial charge >= 0.3 is 0 Å². The third kappa shape index (κ3) is 10.6. The molecule has 0 aliphatic rings. The van der Waals surface area contributed by atoms with Gasteiger partial charge in [0, 0.05) is 12.1 Å². The van der Waals surface area contributed by atoms with E-state index in [1.165, 1.54) is 76.2 Å². The van der Waals surface area contributed by atoms with Crippen molar-refractivity contribution >= 4 is 0 Å². The molecule has 0 saturated heterocycles. The molecule has 0 spiro atoms. The van der Waals surface area contributed by atoms with Crippen LogP contribution in [-0.2, 0) is 13.5 Å². The lowest BCUT2D eigenvalue weighted by Gasteiger charge is -2.02. The molecule has 0 amide bonds. The second-order valence-corrected chi connectivity index (χ2v) is 5.80. The lowest BCUT2D eigenvalue weighted by atomic mass is 10.0. The van der Waals surface area contributed by atoms with Gasteiger partial charge in [-0.3, -0.25) is 0 Å². The number of rotatable bonds is 11. The predicted octanol–water partition coefficient (Wildman–Crippen LogP) is 1.98. The van der Waals surface area contributed by atoms with Crippen LogP contribution in [0.25, 0.3) is 0 Å². The highest BCUT2D eigenvalue weighted by atomic mass is 127. The van der Waals surface area contributed by atoms with Crippen LogP contribution >= 0.6 is 0 Å². The lowest BCUT2D eigenvalue weighted by Crippen LogP contribution is -3.00. The average molecular weight is 389 g/mol. The summed E-state index contributed by atoms with van der Waals surface area (Å²) in [5.41, 5.74) is 1.48. The van der Waals surface area contributed by atoms with Crippen LogP contribution in [0.15, 0.2) is 24.5 Å². The molecule has 1 aromatic heterocycles. The van der Waals surface area contributed by atoms with Crippen molar-refractivity contribution in [3.05, 3.63) is 30.1 Å². The molecule has 0 aromatic carbocycles. The quantitative estimate of drug-likeness (QED) is 0.310. The standard InChI is InChI=1S/C18H32N.HI/c1-3-4-5-6-7-8-9-10-11-12-13-18-14-16-19(2)17-15-18;/h14-17H,3-13H2,1-2H3;1H/q+1;/p-1. The minimum atomic E-state index is 0. The molecule has 0 radical (unpaired) electrons. The molecular weight excluding hydrogens is 357 g/mol. The van der Waals surface area contributed by atoms with Crippen LogP contribution in [-0.4, -0.2) is 0 Å². The fraction of sp³-hybridized carbons (Fsp3) is 0.722. The topological polar surface area (TPSA) is 3.88 Å². The molecule has 0 aliphatic carbocycles. The molecule has 0 N–H and O–H groups in total. The maximum Gasteiger partial charge on any atom is 0.168 e. The number of hydrogen-bond donors (Lipinski definition) is 0. The molecule has 116 valence electrons.